The third kappa shape index (κ3) is 4.68. The molecule has 0 aliphatic heterocycles. The molecule has 14 heteroatoms. The Hall–Kier alpha value is -1.24. The first-order chi connectivity index (χ1) is 11.0. The van der Waals surface area contributed by atoms with E-state index in [0.717, 1.165) is 9.13 Å². The van der Waals surface area contributed by atoms with Crippen molar-refractivity contribution in [2.24, 2.45) is 14.1 Å². The highest BCUT2D eigenvalue weighted by atomic mass is 35.5. The minimum absolute atomic E-state index is 0.231. The number of nitrogens with zero attached hydrogens (tertiary/aromatic N) is 2. The van der Waals surface area contributed by atoms with Crippen molar-refractivity contribution in [2.75, 3.05) is 0 Å². The molecular formula is C11H8Cl2F6N2O3S. The normalized spacial score (nSPS) is 12.9. The number of rotatable bonds is 0. The Morgan fingerprint density at radius 1 is 1.08 bits per heavy atom. The lowest BCUT2D eigenvalue weighted by Crippen LogP contribution is -2.37. The van der Waals surface area contributed by atoms with Crippen LogP contribution >= 0.6 is 23.2 Å². The molecule has 1 heterocycles. The van der Waals surface area contributed by atoms with Crippen LogP contribution in [0.15, 0.2) is 12.1 Å². The summed E-state index contributed by atoms with van der Waals surface area (Å²) in [5.74, 6) is -0.758. The fourth-order valence-corrected chi connectivity index (χ4v) is 2.21. The van der Waals surface area contributed by atoms with Crippen molar-refractivity contribution in [3.63, 3.8) is 0 Å². The Balaban J connectivity index is 0.000000333. The van der Waals surface area contributed by atoms with Gasteiger partial charge in [-0.25, -0.2) is 17.6 Å². The molecule has 0 aliphatic carbocycles. The van der Waals surface area contributed by atoms with Crippen LogP contribution < -0.4 is 4.57 Å². The molecule has 5 nitrogen and oxygen atoms in total. The number of hydrogen-bond acceptors (Lipinski definition) is 3. The van der Waals surface area contributed by atoms with Gasteiger partial charge in [0.25, 0.3) is 0 Å². The Bertz CT molecular complexity index is 860. The zero-order valence-corrected chi connectivity index (χ0v) is 14.5. The van der Waals surface area contributed by atoms with Gasteiger partial charge in [-0.15, -0.1) is 0 Å². The minimum atomic E-state index is -6.09. The van der Waals surface area contributed by atoms with Crippen LogP contribution in [0, 0.1) is 0 Å². The highest BCUT2D eigenvalue weighted by Crippen LogP contribution is 2.32. The van der Waals surface area contributed by atoms with Gasteiger partial charge in [-0.05, 0) is 0 Å². The maximum absolute atomic E-state index is 12.8. The van der Waals surface area contributed by atoms with E-state index in [0.29, 0.717) is 11.0 Å². The predicted molar refractivity (Wildman–Crippen MR) is 74.9 cm³/mol. The molecule has 0 fully saturated rings. The molecule has 0 saturated heterocycles. The van der Waals surface area contributed by atoms with Crippen LogP contribution in [0.2, 0.25) is 10.0 Å². The van der Waals surface area contributed by atoms with Gasteiger partial charge >= 0.3 is 17.5 Å². The van der Waals surface area contributed by atoms with Gasteiger partial charge in [0.1, 0.15) is 0 Å². The summed E-state index contributed by atoms with van der Waals surface area (Å²) >= 11 is 11.6. The molecule has 2 aromatic rings. The molecule has 0 saturated carbocycles. The van der Waals surface area contributed by atoms with Gasteiger partial charge in [-0.2, -0.15) is 26.3 Å². The lowest BCUT2D eigenvalue weighted by atomic mass is 10.3. The molecule has 0 unspecified atom stereocenters. The Labute approximate surface area is 147 Å². The number of alkyl halides is 6. The summed E-state index contributed by atoms with van der Waals surface area (Å²) < 4.78 is 99.5. The zero-order valence-electron chi connectivity index (χ0n) is 12.2. The molecule has 0 atom stereocenters. The van der Waals surface area contributed by atoms with E-state index in [2.05, 4.69) is 0 Å². The number of fused-ring (bicyclic) bond motifs is 1. The molecule has 0 aliphatic rings. The predicted octanol–water partition coefficient (Wildman–Crippen LogP) is 3.38. The molecule has 25 heavy (non-hydrogen) atoms. The van der Waals surface area contributed by atoms with Gasteiger partial charge in [0.05, 0.1) is 24.1 Å². The number of halogens is 8. The summed E-state index contributed by atoms with van der Waals surface area (Å²) in [5.41, 5.74) is -4.88. The molecule has 2 rings (SSSR count). The first-order valence-electron chi connectivity index (χ1n) is 5.91. The number of imidazole rings is 1. The average molecular weight is 433 g/mol. The lowest BCUT2D eigenvalue weighted by Gasteiger charge is -2.08. The Kier molecular flexibility index (Phi) is 5.95. The average Bonchev–Trinajstić information content (AvgIpc) is 2.60. The van der Waals surface area contributed by atoms with Gasteiger partial charge in [0.15, 0.2) is 21.2 Å². The van der Waals surface area contributed by atoms with Crippen molar-refractivity contribution >= 4 is 44.4 Å². The number of aryl methyl sites for hydroxylation is 2. The van der Waals surface area contributed by atoms with Crippen molar-refractivity contribution < 1.29 is 43.9 Å². The highest BCUT2D eigenvalue weighted by Gasteiger charge is 2.45. The summed E-state index contributed by atoms with van der Waals surface area (Å²) in [5, 5.41) is 0.461. The summed E-state index contributed by atoms with van der Waals surface area (Å²) in [6.45, 7) is 0. The third-order valence-electron chi connectivity index (χ3n) is 2.91. The summed E-state index contributed by atoms with van der Waals surface area (Å²) in [4.78, 5) is 0. The van der Waals surface area contributed by atoms with Crippen LogP contribution in [-0.4, -0.2) is 23.0 Å². The lowest BCUT2D eigenvalue weighted by molar-refractivity contribution is -0.667. The van der Waals surface area contributed by atoms with Crippen molar-refractivity contribution in [2.45, 2.75) is 11.7 Å². The van der Waals surface area contributed by atoms with Crippen LogP contribution in [0.1, 0.15) is 5.82 Å². The molecule has 0 radical (unpaired) electrons. The smallest absolute Gasteiger partial charge is 0.495 e. The van der Waals surface area contributed by atoms with E-state index in [1.165, 1.54) is 26.2 Å². The maximum Gasteiger partial charge on any atom is 0.495 e. The zero-order chi connectivity index (χ0) is 20.0. The molecule has 0 spiro atoms. The maximum atomic E-state index is 12.8. The van der Waals surface area contributed by atoms with Gasteiger partial charge in [0, 0.05) is 12.1 Å². The first-order valence-corrected chi connectivity index (χ1v) is 8.07. The van der Waals surface area contributed by atoms with Gasteiger partial charge in [-0.1, -0.05) is 23.2 Å². The fourth-order valence-electron chi connectivity index (χ4n) is 1.90. The molecule has 0 amide bonds. The monoisotopic (exact) mass is 432 g/mol. The molecule has 1 aromatic carbocycles. The van der Waals surface area contributed by atoms with Crippen LogP contribution in [0.25, 0.3) is 11.0 Å². The van der Waals surface area contributed by atoms with Crippen LogP contribution in [0.3, 0.4) is 0 Å². The number of benzene rings is 1. The molecule has 0 N–H and O–H groups in total. The quantitative estimate of drug-likeness (QED) is 0.277. The van der Waals surface area contributed by atoms with Crippen molar-refractivity contribution in [1.29, 1.82) is 0 Å². The number of aromatic nitrogens is 2. The second-order valence-corrected chi connectivity index (χ2v) is 6.78. The van der Waals surface area contributed by atoms with E-state index in [-0.39, 0.29) is 10.0 Å². The Morgan fingerprint density at radius 2 is 1.48 bits per heavy atom. The largest absolute Gasteiger partial charge is 0.741 e. The summed E-state index contributed by atoms with van der Waals surface area (Å²) in [6.07, 6.45) is -4.43. The fraction of sp³-hybridized carbons (Fsp3) is 0.364. The van der Waals surface area contributed by atoms with Crippen molar-refractivity contribution in [3.05, 3.63) is 28.0 Å². The van der Waals surface area contributed by atoms with Crippen LogP contribution in [0.4, 0.5) is 26.3 Å². The topological polar surface area (TPSA) is 66.0 Å². The second-order valence-electron chi connectivity index (χ2n) is 4.59. The number of hydrogen-bond donors (Lipinski definition) is 0. The van der Waals surface area contributed by atoms with E-state index in [1.54, 1.807) is 0 Å². The van der Waals surface area contributed by atoms with E-state index >= 15 is 0 Å². The molecule has 142 valence electrons. The van der Waals surface area contributed by atoms with E-state index in [4.69, 9.17) is 36.2 Å². The van der Waals surface area contributed by atoms with Crippen LogP contribution in [-0.2, 0) is 30.4 Å². The minimum Gasteiger partial charge on any atom is -0.741 e. The molecular weight excluding hydrogens is 425 g/mol. The summed E-state index contributed by atoms with van der Waals surface area (Å²) in [6, 6.07) is 2.85. The highest BCUT2D eigenvalue weighted by molar-refractivity contribution is 7.86. The van der Waals surface area contributed by atoms with E-state index in [9.17, 15) is 26.3 Å². The molecule has 0 bridgehead atoms. The second kappa shape index (κ2) is 6.82. The SMILES string of the molecule is Cn1c(C(F)(F)F)[n+](C)c2cc(Cl)c(Cl)cc21.O=S(=O)([O-])C(F)(F)F. The van der Waals surface area contributed by atoms with Crippen molar-refractivity contribution in [1.82, 2.24) is 4.57 Å². The van der Waals surface area contributed by atoms with Crippen molar-refractivity contribution in [3.8, 4) is 0 Å². The summed E-state index contributed by atoms with van der Waals surface area (Å²) in [7, 11) is -3.40. The van der Waals surface area contributed by atoms with E-state index in [1.807, 2.05) is 0 Å². The van der Waals surface area contributed by atoms with Gasteiger partial charge < -0.3 is 4.55 Å². The molecule has 1 aromatic heterocycles. The van der Waals surface area contributed by atoms with Gasteiger partial charge in [0.2, 0.25) is 0 Å². The van der Waals surface area contributed by atoms with Crippen LogP contribution in [0.5, 0.6) is 0 Å². The first kappa shape index (κ1) is 21.8. The van der Waals surface area contributed by atoms with Gasteiger partial charge in [-0.3, -0.25) is 0 Å². The standard InChI is InChI=1S/C10H8Cl2F3N2.CHF3O3S/c1-16-7-3-5(11)6(12)4-8(7)17(2)9(16)10(13,14)15;2-1(3,4)8(5,6)7/h3-4H,1-2H3;(H,5,6,7)/q+1;/p-1. The van der Waals surface area contributed by atoms with E-state index < -0.39 is 27.6 Å². The third-order valence-corrected chi connectivity index (χ3v) is 4.20. The Morgan fingerprint density at radius 3 is 1.84 bits per heavy atom.